The second kappa shape index (κ2) is 8.77. The number of halogens is 1. The summed E-state index contributed by atoms with van der Waals surface area (Å²) >= 11 is 5.99. The number of carbonyl (C=O) groups is 1. The summed E-state index contributed by atoms with van der Waals surface area (Å²) in [4.78, 5) is 13.3. The molecular formula is C14H20ClNO3. The van der Waals surface area contributed by atoms with Gasteiger partial charge in [-0.3, -0.25) is 9.69 Å². The van der Waals surface area contributed by atoms with Gasteiger partial charge in [-0.2, -0.15) is 0 Å². The zero-order valence-corrected chi connectivity index (χ0v) is 12.2. The predicted octanol–water partition coefficient (Wildman–Crippen LogP) is 2.60. The van der Waals surface area contributed by atoms with E-state index in [4.69, 9.17) is 21.1 Å². The SMILES string of the molecule is CCOC(=O)CN(CC)CCOc1ccccc1Cl. The van der Waals surface area contributed by atoms with E-state index in [0.29, 0.717) is 30.5 Å². The van der Waals surface area contributed by atoms with Crippen molar-refractivity contribution >= 4 is 17.6 Å². The Morgan fingerprint density at radius 2 is 2.05 bits per heavy atom. The average molecular weight is 286 g/mol. The molecule has 1 rings (SSSR count). The standard InChI is InChI=1S/C14H20ClNO3/c1-3-16(11-14(17)18-4-2)9-10-19-13-8-6-5-7-12(13)15/h5-8H,3-4,9-11H2,1-2H3. The lowest BCUT2D eigenvalue weighted by Gasteiger charge is -2.19. The molecule has 5 heteroatoms. The van der Waals surface area contributed by atoms with Gasteiger partial charge in [-0.1, -0.05) is 30.7 Å². The van der Waals surface area contributed by atoms with Crippen LogP contribution in [-0.2, 0) is 9.53 Å². The molecule has 1 aromatic carbocycles. The van der Waals surface area contributed by atoms with Crippen LogP contribution in [0.2, 0.25) is 5.02 Å². The summed E-state index contributed by atoms with van der Waals surface area (Å²) in [5.41, 5.74) is 0. The number of para-hydroxylation sites is 1. The van der Waals surface area contributed by atoms with Crippen LogP contribution < -0.4 is 4.74 Å². The van der Waals surface area contributed by atoms with Gasteiger partial charge < -0.3 is 9.47 Å². The lowest BCUT2D eigenvalue weighted by molar-refractivity contribution is -0.144. The second-order valence-corrected chi connectivity index (χ2v) is 4.36. The van der Waals surface area contributed by atoms with Crippen LogP contribution in [0.25, 0.3) is 0 Å². The van der Waals surface area contributed by atoms with Gasteiger partial charge in [-0.15, -0.1) is 0 Å². The molecule has 0 aliphatic heterocycles. The monoisotopic (exact) mass is 285 g/mol. The number of ether oxygens (including phenoxy) is 2. The number of hydrogen-bond acceptors (Lipinski definition) is 4. The van der Waals surface area contributed by atoms with Crippen LogP contribution in [0, 0.1) is 0 Å². The molecule has 0 amide bonds. The first-order valence-electron chi connectivity index (χ1n) is 6.42. The van der Waals surface area contributed by atoms with Gasteiger partial charge in [0.1, 0.15) is 12.4 Å². The molecule has 0 aliphatic carbocycles. The highest BCUT2D eigenvalue weighted by Crippen LogP contribution is 2.22. The largest absolute Gasteiger partial charge is 0.491 e. The van der Waals surface area contributed by atoms with Crippen LogP contribution in [0.15, 0.2) is 24.3 Å². The molecule has 0 atom stereocenters. The molecule has 19 heavy (non-hydrogen) atoms. The van der Waals surface area contributed by atoms with Crippen molar-refractivity contribution in [3.05, 3.63) is 29.3 Å². The van der Waals surface area contributed by atoms with Crippen LogP contribution >= 0.6 is 11.6 Å². The first-order valence-corrected chi connectivity index (χ1v) is 6.80. The Bertz CT molecular complexity index is 398. The average Bonchev–Trinajstić information content (AvgIpc) is 2.40. The van der Waals surface area contributed by atoms with Crippen molar-refractivity contribution in [2.45, 2.75) is 13.8 Å². The third kappa shape index (κ3) is 5.94. The van der Waals surface area contributed by atoms with Gasteiger partial charge in [-0.25, -0.2) is 0 Å². The first-order chi connectivity index (χ1) is 9.17. The van der Waals surface area contributed by atoms with E-state index < -0.39 is 0 Å². The molecule has 0 bridgehead atoms. The third-order valence-electron chi connectivity index (χ3n) is 2.61. The molecule has 0 saturated heterocycles. The third-order valence-corrected chi connectivity index (χ3v) is 2.92. The van der Waals surface area contributed by atoms with Crippen molar-refractivity contribution in [3.63, 3.8) is 0 Å². The summed E-state index contributed by atoms with van der Waals surface area (Å²) in [6.07, 6.45) is 0. The van der Waals surface area contributed by atoms with E-state index in [1.54, 1.807) is 13.0 Å². The van der Waals surface area contributed by atoms with Crippen LogP contribution in [0.4, 0.5) is 0 Å². The van der Waals surface area contributed by atoms with E-state index in [1.165, 1.54) is 0 Å². The van der Waals surface area contributed by atoms with Gasteiger partial charge >= 0.3 is 5.97 Å². The van der Waals surface area contributed by atoms with E-state index in [9.17, 15) is 4.79 Å². The lowest BCUT2D eigenvalue weighted by atomic mass is 10.3. The molecule has 0 unspecified atom stereocenters. The number of hydrogen-bond donors (Lipinski definition) is 0. The van der Waals surface area contributed by atoms with E-state index in [-0.39, 0.29) is 12.5 Å². The topological polar surface area (TPSA) is 38.8 Å². The summed E-state index contributed by atoms with van der Waals surface area (Å²) in [7, 11) is 0. The maximum atomic E-state index is 11.4. The van der Waals surface area contributed by atoms with Crippen molar-refractivity contribution in [2.75, 3.05) is 32.8 Å². The van der Waals surface area contributed by atoms with Gasteiger partial charge in [0.05, 0.1) is 18.2 Å². The Labute approximate surface area is 119 Å². The molecule has 0 radical (unpaired) electrons. The molecule has 0 aliphatic rings. The molecule has 0 N–H and O–H groups in total. The predicted molar refractivity (Wildman–Crippen MR) is 75.7 cm³/mol. The van der Waals surface area contributed by atoms with Crippen LogP contribution in [-0.4, -0.2) is 43.7 Å². The minimum absolute atomic E-state index is 0.206. The van der Waals surface area contributed by atoms with E-state index in [0.717, 1.165) is 6.54 Å². The summed E-state index contributed by atoms with van der Waals surface area (Å²) in [6, 6.07) is 7.34. The Kier molecular flexibility index (Phi) is 7.30. The zero-order chi connectivity index (χ0) is 14.1. The molecule has 106 valence electrons. The Hall–Kier alpha value is -1.26. The Morgan fingerprint density at radius 3 is 2.68 bits per heavy atom. The van der Waals surface area contributed by atoms with Gasteiger partial charge in [0, 0.05) is 6.54 Å². The summed E-state index contributed by atoms with van der Waals surface area (Å²) in [5.74, 6) is 0.457. The fourth-order valence-electron chi connectivity index (χ4n) is 1.58. The first kappa shape index (κ1) is 15.8. The molecular weight excluding hydrogens is 266 g/mol. The highest BCUT2D eigenvalue weighted by Gasteiger charge is 2.10. The van der Waals surface area contributed by atoms with Crippen LogP contribution in [0.3, 0.4) is 0 Å². The minimum atomic E-state index is -0.206. The summed E-state index contributed by atoms with van der Waals surface area (Å²) in [5, 5.41) is 0.593. The normalized spacial score (nSPS) is 10.5. The molecule has 1 aromatic rings. The molecule has 4 nitrogen and oxygen atoms in total. The van der Waals surface area contributed by atoms with Crippen molar-refractivity contribution in [3.8, 4) is 5.75 Å². The Morgan fingerprint density at radius 1 is 1.32 bits per heavy atom. The second-order valence-electron chi connectivity index (χ2n) is 3.95. The quantitative estimate of drug-likeness (QED) is 0.688. The van der Waals surface area contributed by atoms with Gasteiger partial charge in [0.2, 0.25) is 0 Å². The Balaban J connectivity index is 2.34. The molecule has 0 saturated carbocycles. The molecule has 0 aromatic heterocycles. The van der Waals surface area contributed by atoms with Crippen molar-refractivity contribution < 1.29 is 14.3 Å². The minimum Gasteiger partial charge on any atom is -0.491 e. The lowest BCUT2D eigenvalue weighted by Crippen LogP contribution is -2.34. The van der Waals surface area contributed by atoms with Crippen molar-refractivity contribution in [2.24, 2.45) is 0 Å². The smallest absolute Gasteiger partial charge is 0.320 e. The highest BCUT2D eigenvalue weighted by atomic mass is 35.5. The summed E-state index contributed by atoms with van der Waals surface area (Å²) < 4.78 is 10.5. The number of rotatable bonds is 8. The fourth-order valence-corrected chi connectivity index (χ4v) is 1.77. The van der Waals surface area contributed by atoms with Gasteiger partial charge in [0.15, 0.2) is 0 Å². The number of benzene rings is 1. The van der Waals surface area contributed by atoms with Gasteiger partial charge in [0.25, 0.3) is 0 Å². The molecule has 0 spiro atoms. The van der Waals surface area contributed by atoms with E-state index in [2.05, 4.69) is 0 Å². The number of carbonyl (C=O) groups excluding carboxylic acids is 1. The van der Waals surface area contributed by atoms with Crippen LogP contribution in [0.5, 0.6) is 5.75 Å². The molecule has 0 fully saturated rings. The number of likely N-dealkylation sites (N-methyl/N-ethyl adjacent to an activating group) is 1. The van der Waals surface area contributed by atoms with Crippen molar-refractivity contribution in [1.82, 2.24) is 4.90 Å². The van der Waals surface area contributed by atoms with Crippen molar-refractivity contribution in [1.29, 1.82) is 0 Å². The van der Waals surface area contributed by atoms with E-state index in [1.807, 2.05) is 30.0 Å². The zero-order valence-electron chi connectivity index (χ0n) is 11.4. The van der Waals surface area contributed by atoms with E-state index >= 15 is 0 Å². The molecule has 0 heterocycles. The van der Waals surface area contributed by atoms with Gasteiger partial charge in [-0.05, 0) is 25.6 Å². The highest BCUT2D eigenvalue weighted by molar-refractivity contribution is 6.32. The maximum absolute atomic E-state index is 11.4. The fraction of sp³-hybridized carbons (Fsp3) is 0.500. The maximum Gasteiger partial charge on any atom is 0.320 e. The number of esters is 1. The summed E-state index contributed by atoms with van der Waals surface area (Å²) in [6.45, 7) is 6.40. The number of nitrogens with zero attached hydrogens (tertiary/aromatic N) is 1. The van der Waals surface area contributed by atoms with Crippen LogP contribution in [0.1, 0.15) is 13.8 Å².